The summed E-state index contributed by atoms with van der Waals surface area (Å²) >= 11 is 5.94. The summed E-state index contributed by atoms with van der Waals surface area (Å²) in [6, 6.07) is 7.52. The third-order valence-electron chi connectivity index (χ3n) is 2.39. The van der Waals surface area contributed by atoms with Crippen LogP contribution in [0.1, 0.15) is 5.56 Å². The highest BCUT2D eigenvalue weighted by Gasteiger charge is 2.12. The van der Waals surface area contributed by atoms with Crippen molar-refractivity contribution in [1.29, 1.82) is 5.26 Å². The molecule has 0 amide bonds. The molecule has 1 aliphatic rings. The predicted molar refractivity (Wildman–Crippen MR) is 59.2 cm³/mol. The summed E-state index contributed by atoms with van der Waals surface area (Å²) in [6.45, 7) is 3.17. The molecule has 0 N–H and O–H groups in total. The Balaban J connectivity index is 2.27. The molecule has 0 bridgehead atoms. The van der Waals surface area contributed by atoms with Gasteiger partial charge in [0.1, 0.15) is 0 Å². The molecule has 0 aliphatic carbocycles. The van der Waals surface area contributed by atoms with Gasteiger partial charge in [-0.25, -0.2) is 0 Å². The minimum atomic E-state index is 0.601. The third-order valence-corrected chi connectivity index (χ3v) is 2.61. The fraction of sp³-hybridized carbons (Fsp3) is 0.364. The first-order valence-electron chi connectivity index (χ1n) is 4.83. The number of hydrogen-bond donors (Lipinski definition) is 0. The number of ether oxygens (including phenoxy) is 1. The number of rotatable bonds is 1. The van der Waals surface area contributed by atoms with Gasteiger partial charge in [-0.15, -0.1) is 0 Å². The molecule has 1 saturated heterocycles. The van der Waals surface area contributed by atoms with Crippen molar-refractivity contribution in [1.82, 2.24) is 0 Å². The Morgan fingerprint density at radius 1 is 1.27 bits per heavy atom. The monoisotopic (exact) mass is 222 g/mol. The van der Waals surface area contributed by atoms with E-state index < -0.39 is 0 Å². The predicted octanol–water partition coefficient (Wildman–Crippen LogP) is 2.05. The number of morpholine rings is 1. The van der Waals surface area contributed by atoms with Crippen LogP contribution in [0.15, 0.2) is 18.2 Å². The molecule has 1 aliphatic heterocycles. The van der Waals surface area contributed by atoms with E-state index in [0.29, 0.717) is 10.6 Å². The first-order chi connectivity index (χ1) is 7.29. The summed E-state index contributed by atoms with van der Waals surface area (Å²) in [7, 11) is 0. The largest absolute Gasteiger partial charge is 0.378 e. The second-order valence-electron chi connectivity index (χ2n) is 3.41. The van der Waals surface area contributed by atoms with Crippen molar-refractivity contribution in [2.75, 3.05) is 31.2 Å². The van der Waals surface area contributed by atoms with Gasteiger partial charge in [0.15, 0.2) is 0 Å². The van der Waals surface area contributed by atoms with Crippen LogP contribution in [0.2, 0.25) is 5.02 Å². The van der Waals surface area contributed by atoms with Crippen LogP contribution in [0.3, 0.4) is 0 Å². The van der Waals surface area contributed by atoms with Gasteiger partial charge in [0.2, 0.25) is 0 Å². The molecule has 3 nitrogen and oxygen atoms in total. The molecule has 0 atom stereocenters. The third kappa shape index (κ3) is 2.41. The summed E-state index contributed by atoms with van der Waals surface area (Å²) in [6.07, 6.45) is 0. The maximum atomic E-state index is 8.83. The lowest BCUT2D eigenvalue weighted by Crippen LogP contribution is -2.36. The van der Waals surface area contributed by atoms with E-state index in [9.17, 15) is 0 Å². The first kappa shape index (κ1) is 10.3. The van der Waals surface area contributed by atoms with Gasteiger partial charge in [0.25, 0.3) is 0 Å². The minimum absolute atomic E-state index is 0.601. The summed E-state index contributed by atoms with van der Waals surface area (Å²) in [5.74, 6) is 0. The molecule has 1 fully saturated rings. The fourth-order valence-corrected chi connectivity index (χ4v) is 1.87. The van der Waals surface area contributed by atoms with Crippen LogP contribution in [-0.2, 0) is 4.74 Å². The zero-order valence-electron chi connectivity index (χ0n) is 8.24. The minimum Gasteiger partial charge on any atom is -0.378 e. The molecule has 1 heterocycles. The topological polar surface area (TPSA) is 36.3 Å². The van der Waals surface area contributed by atoms with E-state index >= 15 is 0 Å². The Morgan fingerprint density at radius 2 is 2.00 bits per heavy atom. The van der Waals surface area contributed by atoms with E-state index in [1.165, 1.54) is 0 Å². The molecular formula is C11H11ClN2O. The number of hydrogen-bond acceptors (Lipinski definition) is 3. The standard InChI is InChI=1S/C11H11ClN2O/c12-10-5-9(8-13)6-11(7-10)14-1-3-15-4-2-14/h5-7H,1-4H2. The summed E-state index contributed by atoms with van der Waals surface area (Å²) in [5, 5.41) is 9.44. The SMILES string of the molecule is N#Cc1cc(Cl)cc(N2CCOCC2)c1. The second-order valence-corrected chi connectivity index (χ2v) is 3.85. The van der Waals surface area contributed by atoms with E-state index in [4.69, 9.17) is 21.6 Å². The van der Waals surface area contributed by atoms with E-state index in [1.807, 2.05) is 12.1 Å². The molecule has 0 radical (unpaired) electrons. The van der Waals surface area contributed by atoms with E-state index in [1.54, 1.807) is 6.07 Å². The van der Waals surface area contributed by atoms with Crippen LogP contribution < -0.4 is 4.90 Å². The number of halogens is 1. The molecular weight excluding hydrogens is 212 g/mol. The van der Waals surface area contributed by atoms with Crippen molar-refractivity contribution in [3.63, 3.8) is 0 Å². The molecule has 1 aromatic carbocycles. The highest BCUT2D eigenvalue weighted by Crippen LogP contribution is 2.22. The molecule has 78 valence electrons. The van der Waals surface area contributed by atoms with E-state index in [-0.39, 0.29) is 0 Å². The zero-order valence-corrected chi connectivity index (χ0v) is 9.00. The van der Waals surface area contributed by atoms with Crippen molar-refractivity contribution < 1.29 is 4.74 Å². The van der Waals surface area contributed by atoms with Gasteiger partial charge in [-0.3, -0.25) is 0 Å². The van der Waals surface area contributed by atoms with Gasteiger partial charge in [0, 0.05) is 23.8 Å². The first-order valence-corrected chi connectivity index (χ1v) is 5.21. The smallest absolute Gasteiger partial charge is 0.0992 e. The van der Waals surface area contributed by atoms with Crippen molar-refractivity contribution in [2.24, 2.45) is 0 Å². The van der Waals surface area contributed by atoms with Gasteiger partial charge < -0.3 is 9.64 Å². The zero-order chi connectivity index (χ0) is 10.7. The fourth-order valence-electron chi connectivity index (χ4n) is 1.64. The number of anilines is 1. The van der Waals surface area contributed by atoms with Crippen LogP contribution in [0, 0.1) is 11.3 Å². The molecule has 0 aromatic heterocycles. The lowest BCUT2D eigenvalue weighted by molar-refractivity contribution is 0.122. The van der Waals surface area contributed by atoms with Gasteiger partial charge in [-0.1, -0.05) is 11.6 Å². The average Bonchev–Trinajstić information content (AvgIpc) is 2.29. The average molecular weight is 223 g/mol. The highest BCUT2D eigenvalue weighted by atomic mass is 35.5. The van der Waals surface area contributed by atoms with Crippen LogP contribution in [0.25, 0.3) is 0 Å². The Hall–Kier alpha value is -1.24. The summed E-state index contributed by atoms with van der Waals surface area (Å²) in [4.78, 5) is 2.18. The van der Waals surface area contributed by atoms with E-state index in [2.05, 4.69) is 11.0 Å². The van der Waals surface area contributed by atoms with Crippen LogP contribution >= 0.6 is 11.6 Å². The Kier molecular flexibility index (Phi) is 3.10. The maximum absolute atomic E-state index is 8.83. The molecule has 15 heavy (non-hydrogen) atoms. The summed E-state index contributed by atoms with van der Waals surface area (Å²) < 4.78 is 5.27. The molecule has 0 spiro atoms. The van der Waals surface area contributed by atoms with Crippen LogP contribution in [0.4, 0.5) is 5.69 Å². The normalized spacial score (nSPS) is 16.1. The van der Waals surface area contributed by atoms with Crippen molar-refractivity contribution in [3.8, 4) is 6.07 Å². The molecule has 2 rings (SSSR count). The Morgan fingerprint density at radius 3 is 2.67 bits per heavy atom. The van der Waals surface area contributed by atoms with Gasteiger partial charge in [-0.2, -0.15) is 5.26 Å². The lowest BCUT2D eigenvalue weighted by Gasteiger charge is -2.29. The molecule has 0 saturated carbocycles. The quantitative estimate of drug-likeness (QED) is 0.730. The lowest BCUT2D eigenvalue weighted by atomic mass is 10.2. The van der Waals surface area contributed by atoms with Crippen LogP contribution in [-0.4, -0.2) is 26.3 Å². The second kappa shape index (κ2) is 4.52. The number of nitriles is 1. The number of benzene rings is 1. The van der Waals surface area contributed by atoms with Crippen molar-refractivity contribution in [2.45, 2.75) is 0 Å². The molecule has 0 unspecified atom stereocenters. The highest BCUT2D eigenvalue weighted by molar-refractivity contribution is 6.31. The van der Waals surface area contributed by atoms with Gasteiger partial charge in [0.05, 0.1) is 24.8 Å². The van der Waals surface area contributed by atoms with Crippen molar-refractivity contribution >= 4 is 17.3 Å². The van der Waals surface area contributed by atoms with Crippen LogP contribution in [0.5, 0.6) is 0 Å². The molecule has 4 heteroatoms. The Bertz CT molecular complexity index is 394. The van der Waals surface area contributed by atoms with Crippen molar-refractivity contribution in [3.05, 3.63) is 28.8 Å². The van der Waals surface area contributed by atoms with Gasteiger partial charge in [-0.05, 0) is 18.2 Å². The Labute approximate surface area is 93.8 Å². The van der Waals surface area contributed by atoms with E-state index in [0.717, 1.165) is 32.0 Å². The van der Waals surface area contributed by atoms with Gasteiger partial charge >= 0.3 is 0 Å². The number of nitrogens with zero attached hydrogens (tertiary/aromatic N) is 2. The molecule has 1 aromatic rings. The summed E-state index contributed by atoms with van der Waals surface area (Å²) in [5.41, 5.74) is 1.60. The maximum Gasteiger partial charge on any atom is 0.0992 e.